The molecule has 0 N–H and O–H groups in total. The van der Waals surface area contributed by atoms with Crippen LogP contribution in [0.5, 0.6) is 17.2 Å². The van der Waals surface area contributed by atoms with Gasteiger partial charge in [-0.05, 0) is 42.5 Å². The van der Waals surface area contributed by atoms with Crippen LogP contribution >= 0.6 is 11.8 Å². The van der Waals surface area contributed by atoms with E-state index in [2.05, 4.69) is 16.2 Å². The van der Waals surface area contributed by atoms with Crippen LogP contribution in [0.1, 0.15) is 18.5 Å². The van der Waals surface area contributed by atoms with Crippen LogP contribution in [0.15, 0.2) is 34.0 Å². The van der Waals surface area contributed by atoms with E-state index in [1.165, 1.54) is 11.8 Å². The molecule has 0 radical (unpaired) electrons. The minimum absolute atomic E-state index is 0.0487. The maximum absolute atomic E-state index is 5.43. The quantitative estimate of drug-likeness (QED) is 0.854. The van der Waals surface area contributed by atoms with Gasteiger partial charge in [0, 0.05) is 5.70 Å². The molecule has 116 valence electrons. The van der Waals surface area contributed by atoms with Crippen LogP contribution in [0.3, 0.4) is 0 Å². The molecule has 7 heteroatoms. The average molecular weight is 319 g/mol. The zero-order chi connectivity index (χ0) is 15.7. The molecule has 0 aromatic heterocycles. The summed E-state index contributed by atoms with van der Waals surface area (Å²) in [5, 5.41) is 7.15. The first kappa shape index (κ1) is 14.8. The van der Waals surface area contributed by atoms with Crippen molar-refractivity contribution >= 4 is 22.5 Å². The number of thioether (sulfide) groups is 1. The number of benzene rings is 1. The van der Waals surface area contributed by atoms with E-state index in [-0.39, 0.29) is 6.04 Å². The van der Waals surface area contributed by atoms with E-state index in [1.54, 1.807) is 26.9 Å². The van der Waals surface area contributed by atoms with Gasteiger partial charge in [0.25, 0.3) is 0 Å². The fraction of sp³-hybridized carbons (Fsp3) is 0.333. The Morgan fingerprint density at radius 2 is 1.77 bits per heavy atom. The van der Waals surface area contributed by atoms with E-state index in [0.29, 0.717) is 17.2 Å². The summed E-state index contributed by atoms with van der Waals surface area (Å²) in [6, 6.07) is 3.83. The Bertz CT molecular complexity index is 660. The second-order valence-corrected chi connectivity index (χ2v) is 5.60. The van der Waals surface area contributed by atoms with E-state index < -0.39 is 0 Å². The monoisotopic (exact) mass is 319 g/mol. The number of nitrogens with zero attached hydrogens (tertiary/aromatic N) is 3. The first-order chi connectivity index (χ1) is 10.7. The third kappa shape index (κ3) is 2.41. The average Bonchev–Trinajstić information content (AvgIpc) is 3.00. The molecule has 0 amide bonds. The third-order valence-electron chi connectivity index (χ3n) is 3.49. The minimum Gasteiger partial charge on any atom is -0.493 e. The Labute approximate surface area is 133 Å². The Hall–Kier alpha value is -2.15. The fourth-order valence-corrected chi connectivity index (χ4v) is 3.20. The number of fused-ring (bicyclic) bond motifs is 1. The summed E-state index contributed by atoms with van der Waals surface area (Å²) >= 11 is 1.51. The van der Waals surface area contributed by atoms with Gasteiger partial charge in [0.15, 0.2) is 16.7 Å². The molecule has 3 rings (SSSR count). The van der Waals surface area contributed by atoms with Crippen molar-refractivity contribution in [1.82, 2.24) is 5.01 Å². The topological polar surface area (TPSA) is 55.7 Å². The smallest absolute Gasteiger partial charge is 0.203 e. The molecule has 1 atom stereocenters. The van der Waals surface area contributed by atoms with Crippen molar-refractivity contribution in [3.63, 3.8) is 0 Å². The lowest BCUT2D eigenvalue weighted by Crippen LogP contribution is -2.27. The molecule has 22 heavy (non-hydrogen) atoms. The predicted molar refractivity (Wildman–Crippen MR) is 88.0 cm³/mol. The SMILES string of the molecule is COc1cc(C2C=C(C)N=C3SC=NN32)cc(OC)c1OC. The van der Waals surface area contributed by atoms with E-state index in [1.807, 2.05) is 24.1 Å². The first-order valence-corrected chi connectivity index (χ1v) is 7.61. The maximum atomic E-state index is 5.43. The number of ether oxygens (including phenoxy) is 3. The predicted octanol–water partition coefficient (Wildman–Crippen LogP) is 3.02. The molecule has 2 heterocycles. The summed E-state index contributed by atoms with van der Waals surface area (Å²) < 4.78 is 16.2. The minimum atomic E-state index is -0.0487. The molecular formula is C15H17N3O3S. The van der Waals surface area contributed by atoms with Gasteiger partial charge in [-0.1, -0.05) is 0 Å². The number of methoxy groups -OCH3 is 3. The zero-order valence-electron chi connectivity index (χ0n) is 12.9. The highest BCUT2D eigenvalue weighted by Crippen LogP contribution is 2.43. The van der Waals surface area contributed by atoms with Crippen molar-refractivity contribution in [2.24, 2.45) is 10.1 Å². The molecule has 2 aliphatic rings. The van der Waals surface area contributed by atoms with Gasteiger partial charge < -0.3 is 14.2 Å². The van der Waals surface area contributed by atoms with Gasteiger partial charge in [-0.2, -0.15) is 5.10 Å². The van der Waals surface area contributed by atoms with Gasteiger partial charge in [-0.15, -0.1) is 0 Å². The lowest BCUT2D eigenvalue weighted by molar-refractivity contribution is 0.321. The second kappa shape index (κ2) is 5.92. The van der Waals surface area contributed by atoms with Gasteiger partial charge in [0.1, 0.15) is 6.04 Å². The zero-order valence-corrected chi connectivity index (χ0v) is 13.7. The number of aliphatic imine (C=N–C) groups is 1. The molecule has 0 bridgehead atoms. The molecule has 0 saturated heterocycles. The molecule has 6 nitrogen and oxygen atoms in total. The number of allylic oxidation sites excluding steroid dienone is 1. The molecular weight excluding hydrogens is 302 g/mol. The molecule has 0 aliphatic carbocycles. The Morgan fingerprint density at radius 3 is 2.36 bits per heavy atom. The molecule has 1 unspecified atom stereocenters. The van der Waals surface area contributed by atoms with Crippen LogP contribution in [0, 0.1) is 0 Å². The van der Waals surface area contributed by atoms with Crippen LogP contribution in [0.4, 0.5) is 0 Å². The summed E-state index contributed by atoms with van der Waals surface area (Å²) in [7, 11) is 4.82. The molecule has 2 aliphatic heterocycles. The molecule has 1 aromatic carbocycles. The van der Waals surface area contributed by atoms with Crippen molar-refractivity contribution in [3.05, 3.63) is 29.5 Å². The third-order valence-corrected chi connectivity index (χ3v) is 4.18. The highest BCUT2D eigenvalue weighted by atomic mass is 32.2. The van der Waals surface area contributed by atoms with Gasteiger partial charge in [0.2, 0.25) is 5.75 Å². The van der Waals surface area contributed by atoms with Gasteiger partial charge in [-0.3, -0.25) is 0 Å². The summed E-state index contributed by atoms with van der Waals surface area (Å²) in [5.41, 5.74) is 3.75. The number of amidine groups is 1. The molecule has 0 saturated carbocycles. The lowest BCUT2D eigenvalue weighted by Gasteiger charge is -2.28. The number of hydrogen-bond acceptors (Lipinski definition) is 7. The van der Waals surface area contributed by atoms with Crippen LogP contribution in [-0.2, 0) is 0 Å². The second-order valence-electron chi connectivity index (χ2n) is 4.79. The highest BCUT2D eigenvalue weighted by Gasteiger charge is 2.30. The van der Waals surface area contributed by atoms with Crippen molar-refractivity contribution in [2.45, 2.75) is 13.0 Å². The van der Waals surface area contributed by atoms with E-state index in [0.717, 1.165) is 16.4 Å². The van der Waals surface area contributed by atoms with Crippen LogP contribution in [0.25, 0.3) is 0 Å². The highest BCUT2D eigenvalue weighted by molar-refractivity contribution is 8.25. The van der Waals surface area contributed by atoms with Crippen molar-refractivity contribution in [1.29, 1.82) is 0 Å². The van der Waals surface area contributed by atoms with Crippen LogP contribution < -0.4 is 14.2 Å². The Morgan fingerprint density at radius 1 is 1.09 bits per heavy atom. The number of rotatable bonds is 4. The van der Waals surface area contributed by atoms with Crippen molar-refractivity contribution in [3.8, 4) is 17.2 Å². The Kier molecular flexibility index (Phi) is 3.98. The summed E-state index contributed by atoms with van der Waals surface area (Å²) in [5.74, 6) is 1.84. The largest absolute Gasteiger partial charge is 0.493 e. The number of hydrazone groups is 1. The van der Waals surface area contributed by atoms with Crippen molar-refractivity contribution < 1.29 is 14.2 Å². The molecule has 0 fully saturated rings. The first-order valence-electron chi connectivity index (χ1n) is 6.73. The van der Waals surface area contributed by atoms with E-state index in [9.17, 15) is 0 Å². The molecule has 0 spiro atoms. The van der Waals surface area contributed by atoms with E-state index in [4.69, 9.17) is 14.2 Å². The molecule has 1 aromatic rings. The fourth-order valence-electron chi connectivity index (χ4n) is 2.49. The normalized spacial score (nSPS) is 19.5. The summed E-state index contributed by atoms with van der Waals surface area (Å²) in [6.07, 6.45) is 2.06. The number of hydrogen-bond donors (Lipinski definition) is 0. The summed E-state index contributed by atoms with van der Waals surface area (Å²) in [4.78, 5) is 4.49. The lowest BCUT2D eigenvalue weighted by atomic mass is 10.0. The van der Waals surface area contributed by atoms with Crippen LogP contribution in [-0.4, -0.2) is 37.1 Å². The summed E-state index contributed by atoms with van der Waals surface area (Å²) in [6.45, 7) is 1.98. The Balaban J connectivity index is 2.08. The standard InChI is InChI=1S/C15H17N3O3S/c1-9-5-11(18-15(17-9)22-8-16-18)10-6-12(19-2)14(21-4)13(7-10)20-3/h5-8,11H,1-4H3. The van der Waals surface area contributed by atoms with Crippen molar-refractivity contribution in [2.75, 3.05) is 21.3 Å². The maximum Gasteiger partial charge on any atom is 0.203 e. The van der Waals surface area contributed by atoms with E-state index >= 15 is 0 Å². The van der Waals surface area contributed by atoms with Gasteiger partial charge >= 0.3 is 0 Å². The van der Waals surface area contributed by atoms with Crippen LogP contribution in [0.2, 0.25) is 0 Å². The van der Waals surface area contributed by atoms with Gasteiger partial charge in [0.05, 0.1) is 26.9 Å². The van der Waals surface area contributed by atoms with Gasteiger partial charge in [-0.25, -0.2) is 10.0 Å².